The molecule has 1 fully saturated rings. The Hall–Kier alpha value is -4.20. The topological polar surface area (TPSA) is 100 Å². The van der Waals surface area contributed by atoms with Crippen molar-refractivity contribution < 1.29 is 9.59 Å². The number of hydrogen-bond donors (Lipinski definition) is 3. The Bertz CT molecular complexity index is 1380. The first-order chi connectivity index (χ1) is 16.5. The molecule has 5 rings (SSSR count). The lowest BCUT2D eigenvalue weighted by Gasteiger charge is -2.13. The van der Waals surface area contributed by atoms with E-state index in [1.165, 1.54) is 0 Å². The molecule has 2 heterocycles. The number of carbonyl (C=O) groups excluding carboxylic acids is 2. The maximum atomic E-state index is 12.9. The number of amides is 2. The minimum Gasteiger partial charge on any atom is -0.349 e. The summed E-state index contributed by atoms with van der Waals surface area (Å²) in [6.07, 6.45) is 3.70. The van der Waals surface area contributed by atoms with Crippen molar-refractivity contribution in [3.8, 4) is 0 Å². The maximum Gasteiger partial charge on any atom is 0.253 e. The molecule has 1 aliphatic rings. The van der Waals surface area contributed by atoms with Crippen molar-refractivity contribution in [1.82, 2.24) is 25.2 Å². The van der Waals surface area contributed by atoms with Gasteiger partial charge in [-0.15, -0.1) is 5.10 Å². The number of nitrogens with zero attached hydrogens (tertiary/aromatic N) is 3. The van der Waals surface area contributed by atoms with Gasteiger partial charge in [-0.25, -0.2) is 0 Å². The fraction of sp³-hybridized carbons (Fsp3) is 0.231. The molecule has 4 aromatic rings. The minimum atomic E-state index is -0.161. The van der Waals surface area contributed by atoms with Crippen LogP contribution >= 0.6 is 0 Å². The van der Waals surface area contributed by atoms with Gasteiger partial charge in [0.1, 0.15) is 0 Å². The first-order valence-electron chi connectivity index (χ1n) is 11.3. The fourth-order valence-electron chi connectivity index (χ4n) is 3.89. The molecule has 1 saturated carbocycles. The highest BCUT2D eigenvalue weighted by atomic mass is 16.2. The van der Waals surface area contributed by atoms with Gasteiger partial charge < -0.3 is 16.0 Å². The largest absolute Gasteiger partial charge is 0.349 e. The molecule has 2 aromatic carbocycles. The van der Waals surface area contributed by atoms with E-state index in [0.29, 0.717) is 29.7 Å². The van der Waals surface area contributed by atoms with Crippen LogP contribution in [0.3, 0.4) is 0 Å². The zero-order valence-corrected chi connectivity index (χ0v) is 19.1. The summed E-state index contributed by atoms with van der Waals surface area (Å²) in [5.74, 6) is 0.232. The summed E-state index contributed by atoms with van der Waals surface area (Å²) in [6, 6.07) is 17.4. The Morgan fingerprint density at radius 2 is 1.82 bits per heavy atom. The second-order valence-electron chi connectivity index (χ2n) is 8.64. The number of rotatable bonds is 7. The Labute approximate surface area is 197 Å². The molecule has 0 aliphatic heterocycles. The molecule has 2 aromatic heterocycles. The zero-order valence-electron chi connectivity index (χ0n) is 19.1. The van der Waals surface area contributed by atoms with Crippen molar-refractivity contribution in [1.29, 1.82) is 0 Å². The number of carbonyl (C=O) groups is 2. The molecule has 172 valence electrons. The van der Waals surface area contributed by atoms with Crippen LogP contribution in [0.1, 0.15) is 50.4 Å². The maximum absolute atomic E-state index is 12.9. The van der Waals surface area contributed by atoms with Crippen LogP contribution in [0.25, 0.3) is 5.52 Å². The molecule has 0 radical (unpaired) electrons. The molecule has 0 saturated heterocycles. The molecule has 8 nitrogen and oxygen atoms in total. The van der Waals surface area contributed by atoms with Crippen LogP contribution in [-0.2, 0) is 6.54 Å². The lowest BCUT2D eigenvalue weighted by molar-refractivity contribution is 0.0942. The summed E-state index contributed by atoms with van der Waals surface area (Å²) >= 11 is 0. The lowest BCUT2D eigenvalue weighted by Crippen LogP contribution is -2.25. The highest BCUT2D eigenvalue weighted by Gasteiger charge is 2.24. The van der Waals surface area contributed by atoms with Crippen molar-refractivity contribution in [3.05, 3.63) is 88.7 Å². The molecular weight excluding hydrogens is 428 g/mol. The Morgan fingerprint density at radius 3 is 2.59 bits per heavy atom. The summed E-state index contributed by atoms with van der Waals surface area (Å²) < 4.78 is 1.86. The van der Waals surface area contributed by atoms with Gasteiger partial charge >= 0.3 is 0 Å². The number of benzene rings is 2. The Balaban J connectivity index is 1.41. The van der Waals surface area contributed by atoms with Crippen LogP contribution < -0.4 is 16.0 Å². The summed E-state index contributed by atoms with van der Waals surface area (Å²) in [6.45, 7) is 4.29. The van der Waals surface area contributed by atoms with E-state index in [2.05, 4.69) is 26.1 Å². The van der Waals surface area contributed by atoms with Gasteiger partial charge in [0, 0.05) is 29.5 Å². The van der Waals surface area contributed by atoms with E-state index < -0.39 is 0 Å². The van der Waals surface area contributed by atoms with E-state index in [0.717, 1.165) is 40.9 Å². The van der Waals surface area contributed by atoms with E-state index in [9.17, 15) is 9.59 Å². The Morgan fingerprint density at radius 1 is 1.03 bits per heavy atom. The molecular formula is C26H26N6O2. The smallest absolute Gasteiger partial charge is 0.253 e. The Kier molecular flexibility index (Phi) is 5.71. The highest BCUT2D eigenvalue weighted by molar-refractivity contribution is 5.97. The third kappa shape index (κ3) is 4.47. The second kappa shape index (κ2) is 8.97. The van der Waals surface area contributed by atoms with Crippen molar-refractivity contribution in [2.75, 3.05) is 5.32 Å². The predicted molar refractivity (Wildman–Crippen MR) is 130 cm³/mol. The summed E-state index contributed by atoms with van der Waals surface area (Å²) in [5.41, 5.74) is 5.40. The summed E-state index contributed by atoms with van der Waals surface area (Å²) in [7, 11) is 0. The number of fused-ring (bicyclic) bond motifs is 1. The average molecular weight is 455 g/mol. The van der Waals surface area contributed by atoms with Gasteiger partial charge in [-0.1, -0.05) is 36.4 Å². The number of nitrogens with one attached hydrogen (secondary N) is 3. The van der Waals surface area contributed by atoms with Crippen LogP contribution in [0.5, 0.6) is 0 Å². The monoisotopic (exact) mass is 454 g/mol. The van der Waals surface area contributed by atoms with E-state index >= 15 is 0 Å². The average Bonchev–Trinajstić information content (AvgIpc) is 3.60. The van der Waals surface area contributed by atoms with Crippen molar-refractivity contribution in [2.45, 2.75) is 39.3 Å². The molecule has 8 heteroatoms. The molecule has 3 N–H and O–H groups in total. The molecule has 0 atom stereocenters. The minimum absolute atomic E-state index is 0.0793. The SMILES string of the molecule is Cc1ccc(C(=O)NC2CC2)cc1Nc1nncc2cc(C(=O)NCc3ccccc3)c(C)n12. The molecule has 0 unspecified atom stereocenters. The predicted octanol–water partition coefficient (Wildman–Crippen LogP) is 3.91. The first kappa shape index (κ1) is 21.6. The van der Waals surface area contributed by atoms with Gasteiger partial charge in [-0.2, -0.15) is 5.10 Å². The van der Waals surface area contributed by atoms with Gasteiger partial charge in [-0.05, 0) is 56.0 Å². The third-order valence-corrected chi connectivity index (χ3v) is 6.03. The molecule has 0 bridgehead atoms. The highest BCUT2D eigenvalue weighted by Crippen LogP contribution is 2.25. The lowest BCUT2D eigenvalue weighted by atomic mass is 10.1. The third-order valence-electron chi connectivity index (χ3n) is 6.03. The van der Waals surface area contributed by atoms with Gasteiger partial charge in [0.2, 0.25) is 5.95 Å². The van der Waals surface area contributed by atoms with Crippen LogP contribution in [0.15, 0.2) is 60.8 Å². The summed E-state index contributed by atoms with van der Waals surface area (Å²) in [4.78, 5) is 25.4. The quantitative estimate of drug-likeness (QED) is 0.393. The standard InChI is InChI=1S/C26H26N6O2/c1-16-8-9-19(24(33)29-20-10-11-20)12-23(16)30-26-31-28-15-21-13-22(17(2)32(21)26)25(34)27-14-18-6-4-3-5-7-18/h3-9,12-13,15,20H,10-11,14H2,1-2H3,(H,27,34)(H,29,33)(H,30,31). The van der Waals surface area contributed by atoms with Gasteiger partial charge in [0.05, 0.1) is 17.3 Å². The van der Waals surface area contributed by atoms with Crippen LogP contribution in [0.4, 0.5) is 11.6 Å². The summed E-state index contributed by atoms with van der Waals surface area (Å²) in [5, 5.41) is 17.7. The zero-order chi connectivity index (χ0) is 23.7. The number of aromatic nitrogens is 3. The van der Waals surface area contributed by atoms with E-state index in [1.54, 1.807) is 6.20 Å². The van der Waals surface area contributed by atoms with Crippen molar-refractivity contribution in [3.63, 3.8) is 0 Å². The molecule has 1 aliphatic carbocycles. The van der Waals surface area contributed by atoms with E-state index in [4.69, 9.17) is 0 Å². The number of anilines is 2. The normalized spacial score (nSPS) is 13.0. The number of hydrogen-bond acceptors (Lipinski definition) is 5. The first-order valence-corrected chi connectivity index (χ1v) is 11.3. The van der Waals surface area contributed by atoms with E-state index in [1.807, 2.05) is 72.8 Å². The van der Waals surface area contributed by atoms with Gasteiger partial charge in [-0.3, -0.25) is 14.0 Å². The van der Waals surface area contributed by atoms with Gasteiger partial charge in [0.15, 0.2) is 0 Å². The van der Waals surface area contributed by atoms with Crippen LogP contribution in [-0.4, -0.2) is 32.5 Å². The van der Waals surface area contributed by atoms with Gasteiger partial charge in [0.25, 0.3) is 11.8 Å². The van der Waals surface area contributed by atoms with Crippen molar-refractivity contribution >= 4 is 29.0 Å². The van der Waals surface area contributed by atoms with Crippen molar-refractivity contribution in [2.24, 2.45) is 0 Å². The molecule has 34 heavy (non-hydrogen) atoms. The second-order valence-corrected chi connectivity index (χ2v) is 8.64. The van der Waals surface area contributed by atoms with Crippen LogP contribution in [0.2, 0.25) is 0 Å². The van der Waals surface area contributed by atoms with E-state index in [-0.39, 0.29) is 11.8 Å². The van der Waals surface area contributed by atoms with Crippen LogP contribution in [0, 0.1) is 13.8 Å². The fourth-order valence-corrected chi connectivity index (χ4v) is 3.89. The number of aryl methyl sites for hydroxylation is 2. The molecule has 0 spiro atoms. The molecule has 2 amide bonds.